The van der Waals surface area contributed by atoms with Crippen molar-refractivity contribution >= 4 is 33.7 Å². The minimum Gasteiger partial charge on any atom is -0.478 e. The van der Waals surface area contributed by atoms with E-state index >= 15 is 0 Å². The first kappa shape index (κ1) is 19.1. The molecule has 118 valence electrons. The summed E-state index contributed by atoms with van der Waals surface area (Å²) in [7, 11) is -3.78. The highest BCUT2D eigenvalue weighted by molar-refractivity contribution is 7.86. The molecule has 20 heavy (non-hydrogen) atoms. The van der Waals surface area contributed by atoms with Crippen LogP contribution in [0, 0.1) is 5.41 Å². The van der Waals surface area contributed by atoms with Gasteiger partial charge in [0.25, 0.3) is 10.1 Å². The van der Waals surface area contributed by atoms with Crippen LogP contribution in [-0.4, -0.2) is 49.8 Å². The monoisotopic (exact) mass is 330 g/mol. The number of rotatable bonds is 9. The summed E-state index contributed by atoms with van der Waals surface area (Å²) >= 11 is 5.39. The predicted octanol–water partition coefficient (Wildman–Crippen LogP) is 1.00. The topological polar surface area (TPSA) is 107 Å². The van der Waals surface area contributed by atoms with Gasteiger partial charge in [-0.15, -0.1) is 11.6 Å². The van der Waals surface area contributed by atoms with E-state index in [4.69, 9.17) is 20.9 Å². The van der Waals surface area contributed by atoms with Gasteiger partial charge < -0.3 is 9.84 Å². The molecule has 9 heteroatoms. The van der Waals surface area contributed by atoms with Gasteiger partial charge >= 0.3 is 11.9 Å². The molecule has 1 atom stereocenters. The summed E-state index contributed by atoms with van der Waals surface area (Å²) in [5, 5.41) is 9.03. The lowest BCUT2D eigenvalue weighted by molar-refractivity contribution is -0.172. The van der Waals surface area contributed by atoms with Crippen molar-refractivity contribution < 1.29 is 32.0 Å². The second-order valence-electron chi connectivity index (χ2n) is 4.88. The number of esters is 1. The maximum absolute atomic E-state index is 11.5. The molecule has 1 N–H and O–H groups in total. The van der Waals surface area contributed by atoms with Crippen molar-refractivity contribution in [3.05, 3.63) is 0 Å². The first-order valence-corrected chi connectivity index (χ1v) is 7.96. The average molecular weight is 331 g/mol. The van der Waals surface area contributed by atoms with E-state index in [1.54, 1.807) is 0 Å². The van der Waals surface area contributed by atoms with E-state index in [9.17, 15) is 18.0 Å². The third kappa shape index (κ3) is 7.06. The molecule has 0 heterocycles. The van der Waals surface area contributed by atoms with Crippen molar-refractivity contribution in [1.29, 1.82) is 0 Å². The summed E-state index contributed by atoms with van der Waals surface area (Å²) in [5.41, 5.74) is -1.20. The zero-order valence-corrected chi connectivity index (χ0v) is 13.2. The van der Waals surface area contributed by atoms with Crippen molar-refractivity contribution in [2.24, 2.45) is 5.41 Å². The predicted molar refractivity (Wildman–Crippen MR) is 72.0 cm³/mol. The summed E-state index contributed by atoms with van der Waals surface area (Å²) in [4.78, 5) is 22.0. The van der Waals surface area contributed by atoms with Crippen molar-refractivity contribution in [2.45, 2.75) is 33.3 Å². The molecule has 0 aromatic carbocycles. The van der Waals surface area contributed by atoms with E-state index in [1.807, 2.05) is 0 Å². The van der Waals surface area contributed by atoms with Crippen LogP contribution < -0.4 is 0 Å². The number of carbonyl (C=O) groups is 2. The summed E-state index contributed by atoms with van der Waals surface area (Å²) in [6.45, 7) is 3.53. The van der Waals surface area contributed by atoms with Gasteiger partial charge in [0.2, 0.25) is 6.10 Å². The largest absolute Gasteiger partial charge is 0.478 e. The minimum absolute atomic E-state index is 0.178. The van der Waals surface area contributed by atoms with Crippen LogP contribution in [0.5, 0.6) is 0 Å². The Morgan fingerprint density at radius 3 is 2.30 bits per heavy atom. The standard InChI is InChI=1S/C11H19ClO7S/c1-8(13)19-9(10(14)15)11(2,3)7-18-20(16,17)6-4-5-12/h9H,4-7H2,1-3H3,(H,14,15). The fraction of sp³-hybridized carbons (Fsp3) is 0.818. The third-order valence-corrected chi connectivity index (χ3v) is 3.89. The fourth-order valence-electron chi connectivity index (χ4n) is 1.32. The lowest BCUT2D eigenvalue weighted by atomic mass is 9.87. The normalized spacial score (nSPS) is 13.8. The van der Waals surface area contributed by atoms with Gasteiger partial charge in [0.05, 0.1) is 12.4 Å². The second kappa shape index (κ2) is 7.80. The Kier molecular flexibility index (Phi) is 7.46. The van der Waals surface area contributed by atoms with Gasteiger partial charge in [-0.25, -0.2) is 4.79 Å². The number of hydrogen-bond acceptors (Lipinski definition) is 6. The lowest BCUT2D eigenvalue weighted by Gasteiger charge is -2.29. The van der Waals surface area contributed by atoms with E-state index in [0.717, 1.165) is 6.92 Å². The maximum atomic E-state index is 11.5. The average Bonchev–Trinajstić information content (AvgIpc) is 2.31. The fourth-order valence-corrected chi connectivity index (χ4v) is 2.71. The Labute approximate surface area is 123 Å². The number of carboxylic acids is 1. The first-order chi connectivity index (χ1) is 9.02. The molecule has 0 amide bonds. The van der Waals surface area contributed by atoms with E-state index in [0.29, 0.717) is 0 Å². The molecule has 0 rings (SSSR count). The van der Waals surface area contributed by atoms with E-state index < -0.39 is 40.2 Å². The Bertz CT molecular complexity index is 444. The molecule has 0 aliphatic rings. The molecular formula is C11H19ClO7S. The molecule has 0 bridgehead atoms. The molecule has 0 aliphatic carbocycles. The smallest absolute Gasteiger partial charge is 0.345 e. The number of halogens is 1. The van der Waals surface area contributed by atoms with Crippen LogP contribution in [0.2, 0.25) is 0 Å². The van der Waals surface area contributed by atoms with E-state index in [1.165, 1.54) is 13.8 Å². The van der Waals surface area contributed by atoms with Gasteiger partial charge in [-0.05, 0) is 6.42 Å². The third-order valence-electron chi connectivity index (χ3n) is 2.36. The van der Waals surface area contributed by atoms with Crippen LogP contribution in [0.1, 0.15) is 27.2 Å². The van der Waals surface area contributed by atoms with Crippen LogP contribution in [0.4, 0.5) is 0 Å². The molecule has 0 radical (unpaired) electrons. The molecule has 7 nitrogen and oxygen atoms in total. The van der Waals surface area contributed by atoms with Crippen LogP contribution in [0.3, 0.4) is 0 Å². The van der Waals surface area contributed by atoms with Crippen LogP contribution in [0.25, 0.3) is 0 Å². The zero-order chi connectivity index (χ0) is 16.0. The van der Waals surface area contributed by atoms with Gasteiger partial charge in [-0.2, -0.15) is 8.42 Å². The van der Waals surface area contributed by atoms with E-state index in [2.05, 4.69) is 4.74 Å². The first-order valence-electron chi connectivity index (χ1n) is 5.85. The Morgan fingerprint density at radius 1 is 1.35 bits per heavy atom. The van der Waals surface area contributed by atoms with Gasteiger partial charge in [-0.3, -0.25) is 8.98 Å². The summed E-state index contributed by atoms with van der Waals surface area (Å²) in [6, 6.07) is 0. The highest BCUT2D eigenvalue weighted by Gasteiger charge is 2.39. The summed E-state index contributed by atoms with van der Waals surface area (Å²) in [5.74, 6) is -2.21. The SMILES string of the molecule is CC(=O)OC(C(=O)O)C(C)(C)COS(=O)(=O)CCCCl. The van der Waals surface area contributed by atoms with Crippen LogP contribution >= 0.6 is 11.6 Å². The molecule has 0 aromatic heterocycles. The van der Waals surface area contributed by atoms with Gasteiger partial charge in [0, 0.05) is 18.2 Å². The molecular weight excluding hydrogens is 312 g/mol. The van der Waals surface area contributed by atoms with E-state index in [-0.39, 0.29) is 18.1 Å². The Hall–Kier alpha value is -0.860. The molecule has 0 aromatic rings. The quantitative estimate of drug-likeness (QED) is 0.382. The molecule has 1 unspecified atom stereocenters. The Morgan fingerprint density at radius 2 is 1.90 bits per heavy atom. The van der Waals surface area contributed by atoms with Gasteiger partial charge in [0.15, 0.2) is 0 Å². The number of carbonyl (C=O) groups excluding carboxylic acids is 1. The number of hydrogen-bond donors (Lipinski definition) is 1. The van der Waals surface area contributed by atoms with Crippen LogP contribution in [0.15, 0.2) is 0 Å². The molecule has 0 aliphatic heterocycles. The maximum Gasteiger partial charge on any atom is 0.345 e. The second-order valence-corrected chi connectivity index (χ2v) is 7.02. The summed E-state index contributed by atoms with van der Waals surface area (Å²) in [6.07, 6.45) is -1.26. The number of aliphatic carboxylic acids is 1. The summed E-state index contributed by atoms with van der Waals surface area (Å²) < 4.78 is 32.5. The van der Waals surface area contributed by atoms with Crippen molar-refractivity contribution in [3.8, 4) is 0 Å². The molecule has 0 spiro atoms. The zero-order valence-electron chi connectivity index (χ0n) is 11.6. The lowest BCUT2D eigenvalue weighted by Crippen LogP contribution is -2.43. The van der Waals surface area contributed by atoms with Crippen molar-refractivity contribution in [3.63, 3.8) is 0 Å². The number of ether oxygens (including phenoxy) is 1. The van der Waals surface area contributed by atoms with Gasteiger partial charge in [-0.1, -0.05) is 13.8 Å². The molecule has 0 saturated heterocycles. The Balaban J connectivity index is 4.77. The highest BCUT2D eigenvalue weighted by Crippen LogP contribution is 2.25. The highest BCUT2D eigenvalue weighted by atomic mass is 35.5. The van der Waals surface area contributed by atoms with Gasteiger partial charge in [0.1, 0.15) is 0 Å². The van der Waals surface area contributed by atoms with Crippen LogP contribution in [-0.2, 0) is 28.6 Å². The van der Waals surface area contributed by atoms with Crippen molar-refractivity contribution in [1.82, 2.24) is 0 Å². The molecule has 0 fully saturated rings. The number of alkyl halides is 1. The number of carboxylic acid groups (broad SMARTS) is 1. The molecule has 0 saturated carbocycles. The minimum atomic E-state index is -3.78. The van der Waals surface area contributed by atoms with Crippen molar-refractivity contribution in [2.75, 3.05) is 18.2 Å².